The van der Waals surface area contributed by atoms with Crippen LogP contribution < -0.4 is 11.4 Å². The van der Waals surface area contributed by atoms with Gasteiger partial charge in [-0.15, -0.1) is 0 Å². The molecule has 19 heavy (non-hydrogen) atoms. The monoisotopic (exact) mass is 271 g/mol. The van der Waals surface area contributed by atoms with Crippen LogP contribution in [0.4, 0.5) is 5.82 Å². The van der Waals surface area contributed by atoms with Crippen molar-refractivity contribution in [2.24, 2.45) is 0 Å². The van der Waals surface area contributed by atoms with Crippen molar-refractivity contribution in [3.63, 3.8) is 0 Å². The van der Waals surface area contributed by atoms with Gasteiger partial charge in [0.05, 0.1) is 6.61 Å². The number of aryl methyl sites for hydroxylation is 1. The summed E-state index contributed by atoms with van der Waals surface area (Å²) in [5.41, 5.74) is 5.51. The zero-order chi connectivity index (χ0) is 14.2. The topological polar surface area (TPSA) is 120 Å². The van der Waals surface area contributed by atoms with Crippen LogP contribution in [0.25, 0.3) is 0 Å². The molecule has 0 amide bonds. The van der Waals surface area contributed by atoms with Crippen molar-refractivity contribution in [3.05, 3.63) is 22.2 Å². The number of ether oxygens (including phenoxy) is 2. The summed E-state index contributed by atoms with van der Waals surface area (Å²) in [4.78, 5) is 15.4. The van der Waals surface area contributed by atoms with Crippen LogP contribution in [-0.4, -0.2) is 51.8 Å². The molecule has 0 aromatic carbocycles. The van der Waals surface area contributed by atoms with E-state index in [1.54, 1.807) is 6.92 Å². The number of aliphatic hydroxyl groups is 2. The molecule has 4 N–H and O–H groups in total. The molecule has 4 atom stereocenters. The SMILES string of the molecule is COC1C(CO)OC(n2cc(C)c(N)nc2=O)C1O. The van der Waals surface area contributed by atoms with E-state index in [-0.39, 0.29) is 12.4 Å². The summed E-state index contributed by atoms with van der Waals surface area (Å²) in [6.45, 7) is 1.37. The Morgan fingerprint density at radius 3 is 2.84 bits per heavy atom. The van der Waals surface area contributed by atoms with Gasteiger partial charge in [-0.3, -0.25) is 4.57 Å². The zero-order valence-electron chi connectivity index (χ0n) is 10.7. The van der Waals surface area contributed by atoms with Gasteiger partial charge in [-0.2, -0.15) is 4.98 Å². The molecule has 4 unspecified atom stereocenters. The maximum Gasteiger partial charge on any atom is 0.351 e. The molecule has 1 aromatic heterocycles. The van der Waals surface area contributed by atoms with Gasteiger partial charge in [-0.1, -0.05) is 0 Å². The van der Waals surface area contributed by atoms with Crippen LogP contribution in [0.15, 0.2) is 11.0 Å². The number of anilines is 1. The van der Waals surface area contributed by atoms with Crippen molar-refractivity contribution in [1.82, 2.24) is 9.55 Å². The quantitative estimate of drug-likeness (QED) is 0.605. The average Bonchev–Trinajstić information content (AvgIpc) is 2.70. The molecule has 1 aliphatic heterocycles. The molecule has 0 radical (unpaired) electrons. The van der Waals surface area contributed by atoms with Crippen molar-refractivity contribution in [2.45, 2.75) is 31.5 Å². The zero-order valence-corrected chi connectivity index (χ0v) is 10.7. The van der Waals surface area contributed by atoms with E-state index in [1.807, 2.05) is 0 Å². The third-order valence-electron chi connectivity index (χ3n) is 3.21. The van der Waals surface area contributed by atoms with E-state index in [2.05, 4.69) is 4.98 Å². The highest BCUT2D eigenvalue weighted by molar-refractivity contribution is 5.35. The number of aromatic nitrogens is 2. The van der Waals surface area contributed by atoms with E-state index in [1.165, 1.54) is 13.3 Å². The van der Waals surface area contributed by atoms with E-state index in [9.17, 15) is 15.0 Å². The van der Waals surface area contributed by atoms with E-state index >= 15 is 0 Å². The Morgan fingerprint density at radius 2 is 2.32 bits per heavy atom. The van der Waals surface area contributed by atoms with E-state index in [0.29, 0.717) is 5.56 Å². The van der Waals surface area contributed by atoms with Gasteiger partial charge in [0.1, 0.15) is 24.1 Å². The van der Waals surface area contributed by atoms with Crippen molar-refractivity contribution in [3.8, 4) is 0 Å². The Labute approximate surface area is 109 Å². The molecule has 0 saturated carbocycles. The molecule has 2 rings (SSSR count). The second-order valence-electron chi connectivity index (χ2n) is 4.44. The highest BCUT2D eigenvalue weighted by Crippen LogP contribution is 2.30. The van der Waals surface area contributed by atoms with Crippen LogP contribution in [0.1, 0.15) is 11.8 Å². The molecule has 1 aliphatic rings. The van der Waals surface area contributed by atoms with Gasteiger partial charge >= 0.3 is 5.69 Å². The lowest BCUT2D eigenvalue weighted by Crippen LogP contribution is -2.37. The van der Waals surface area contributed by atoms with Crippen molar-refractivity contribution in [2.75, 3.05) is 19.5 Å². The summed E-state index contributed by atoms with van der Waals surface area (Å²) in [5, 5.41) is 19.3. The van der Waals surface area contributed by atoms with Crippen molar-refractivity contribution in [1.29, 1.82) is 0 Å². The van der Waals surface area contributed by atoms with Crippen LogP contribution in [0.3, 0.4) is 0 Å². The number of nitrogens with two attached hydrogens (primary N) is 1. The first kappa shape index (κ1) is 13.9. The predicted molar refractivity (Wildman–Crippen MR) is 65.4 cm³/mol. The standard InChI is InChI=1S/C11H17N3O5/c1-5-3-14(11(17)13-9(5)12)10-7(16)8(18-2)6(4-15)19-10/h3,6-8,10,15-16H,4H2,1-2H3,(H2,12,13,17). The van der Waals surface area contributed by atoms with Crippen molar-refractivity contribution >= 4 is 5.82 Å². The first-order valence-corrected chi connectivity index (χ1v) is 5.82. The van der Waals surface area contributed by atoms with Gasteiger partial charge in [0.2, 0.25) is 0 Å². The molecule has 1 saturated heterocycles. The Hall–Kier alpha value is -1.48. The lowest BCUT2D eigenvalue weighted by atomic mass is 10.1. The van der Waals surface area contributed by atoms with E-state index < -0.39 is 30.2 Å². The fourth-order valence-electron chi connectivity index (χ4n) is 2.15. The molecule has 1 fully saturated rings. The summed E-state index contributed by atoms with van der Waals surface area (Å²) in [5.74, 6) is 0.135. The van der Waals surface area contributed by atoms with Gasteiger partial charge in [0.15, 0.2) is 6.23 Å². The molecule has 8 heteroatoms. The van der Waals surface area contributed by atoms with Crippen LogP contribution in [-0.2, 0) is 9.47 Å². The summed E-state index contributed by atoms with van der Waals surface area (Å²) >= 11 is 0. The molecule has 0 bridgehead atoms. The highest BCUT2D eigenvalue weighted by Gasteiger charge is 2.45. The first-order valence-electron chi connectivity index (χ1n) is 5.82. The van der Waals surface area contributed by atoms with Gasteiger partial charge in [0.25, 0.3) is 0 Å². The Bertz CT molecular complexity index is 518. The molecular weight excluding hydrogens is 254 g/mol. The smallest absolute Gasteiger partial charge is 0.351 e. The summed E-state index contributed by atoms with van der Waals surface area (Å²) in [6.07, 6.45) is -1.98. The lowest BCUT2D eigenvalue weighted by Gasteiger charge is -2.18. The first-order chi connectivity index (χ1) is 8.99. The number of aliphatic hydroxyl groups excluding tert-OH is 2. The predicted octanol–water partition coefficient (Wildman–Crippen LogP) is -1.60. The Morgan fingerprint density at radius 1 is 1.63 bits per heavy atom. The number of rotatable bonds is 3. The second kappa shape index (κ2) is 5.25. The number of nitrogens with zero attached hydrogens (tertiary/aromatic N) is 2. The number of methoxy groups -OCH3 is 1. The lowest BCUT2D eigenvalue weighted by molar-refractivity contribution is -0.0569. The number of hydrogen-bond acceptors (Lipinski definition) is 7. The van der Waals surface area contributed by atoms with Gasteiger partial charge < -0.3 is 25.4 Å². The fourth-order valence-corrected chi connectivity index (χ4v) is 2.15. The Balaban J connectivity index is 2.38. The molecule has 8 nitrogen and oxygen atoms in total. The minimum Gasteiger partial charge on any atom is -0.394 e. The van der Waals surface area contributed by atoms with Gasteiger partial charge in [0, 0.05) is 18.9 Å². The Kier molecular flexibility index (Phi) is 3.85. The molecule has 2 heterocycles. The fraction of sp³-hybridized carbons (Fsp3) is 0.636. The molecule has 106 valence electrons. The summed E-state index contributed by atoms with van der Waals surface area (Å²) in [6, 6.07) is 0. The van der Waals surface area contributed by atoms with E-state index in [0.717, 1.165) is 4.57 Å². The second-order valence-corrected chi connectivity index (χ2v) is 4.44. The normalized spacial score (nSPS) is 30.7. The van der Waals surface area contributed by atoms with Gasteiger partial charge in [-0.05, 0) is 6.92 Å². The van der Waals surface area contributed by atoms with Gasteiger partial charge in [-0.25, -0.2) is 4.79 Å². The minimum absolute atomic E-state index is 0.135. The maximum atomic E-state index is 11.8. The maximum absolute atomic E-state index is 11.8. The molecule has 0 aliphatic carbocycles. The largest absolute Gasteiger partial charge is 0.394 e. The summed E-state index contributed by atoms with van der Waals surface area (Å²) < 4.78 is 11.7. The van der Waals surface area contributed by atoms with Crippen LogP contribution >= 0.6 is 0 Å². The molecule has 0 spiro atoms. The average molecular weight is 271 g/mol. The van der Waals surface area contributed by atoms with Crippen molar-refractivity contribution < 1.29 is 19.7 Å². The van der Waals surface area contributed by atoms with Crippen LogP contribution in [0, 0.1) is 6.92 Å². The molecular formula is C11H17N3O5. The number of nitrogen functional groups attached to an aromatic ring is 1. The van der Waals surface area contributed by atoms with Crippen LogP contribution in [0.5, 0.6) is 0 Å². The third-order valence-corrected chi connectivity index (χ3v) is 3.21. The summed E-state index contributed by atoms with van der Waals surface area (Å²) in [7, 11) is 1.40. The minimum atomic E-state index is -1.08. The van der Waals surface area contributed by atoms with Crippen LogP contribution in [0.2, 0.25) is 0 Å². The third kappa shape index (κ3) is 2.35. The number of hydrogen-bond donors (Lipinski definition) is 3. The molecule has 1 aromatic rings. The highest BCUT2D eigenvalue weighted by atomic mass is 16.6. The van der Waals surface area contributed by atoms with E-state index in [4.69, 9.17) is 15.2 Å².